The summed E-state index contributed by atoms with van der Waals surface area (Å²) in [6.07, 6.45) is -0.148. The number of alkyl halides is 3. The summed E-state index contributed by atoms with van der Waals surface area (Å²) < 4.78 is 40.1. The zero-order valence-electron chi connectivity index (χ0n) is 15.8. The zero-order chi connectivity index (χ0) is 21.1. The molecule has 1 saturated heterocycles. The first-order chi connectivity index (χ1) is 14.4. The Morgan fingerprint density at radius 3 is 2.63 bits per heavy atom. The second kappa shape index (κ2) is 8.09. The van der Waals surface area contributed by atoms with Crippen LogP contribution in [0.2, 0.25) is 0 Å². The Labute approximate surface area is 169 Å². The summed E-state index contributed by atoms with van der Waals surface area (Å²) in [6.45, 7) is 1.12. The predicted molar refractivity (Wildman–Crippen MR) is 102 cm³/mol. The highest BCUT2D eigenvalue weighted by Crippen LogP contribution is 2.31. The van der Waals surface area contributed by atoms with Crippen molar-refractivity contribution in [2.24, 2.45) is 5.92 Å². The van der Waals surface area contributed by atoms with Gasteiger partial charge in [-0.05, 0) is 43.2 Å². The Morgan fingerprint density at radius 1 is 1.13 bits per heavy atom. The average molecular weight is 417 g/mol. The quantitative estimate of drug-likeness (QED) is 0.702. The highest BCUT2D eigenvalue weighted by atomic mass is 19.4. The number of rotatable bonds is 4. The van der Waals surface area contributed by atoms with Crippen molar-refractivity contribution in [2.75, 3.05) is 23.3 Å². The molecule has 1 aliphatic heterocycles. The Balaban J connectivity index is 1.42. The van der Waals surface area contributed by atoms with Crippen molar-refractivity contribution in [1.82, 2.24) is 25.0 Å². The van der Waals surface area contributed by atoms with E-state index in [1.54, 1.807) is 12.1 Å². The Bertz CT molecular complexity index is 1010. The molecule has 1 unspecified atom stereocenters. The van der Waals surface area contributed by atoms with Crippen LogP contribution in [0.3, 0.4) is 0 Å². The molecular weight excluding hydrogens is 399 g/mol. The monoisotopic (exact) mass is 417 g/mol. The van der Waals surface area contributed by atoms with Gasteiger partial charge in [-0.25, -0.2) is 9.67 Å². The molecule has 1 aromatic carbocycles. The Kier molecular flexibility index (Phi) is 5.34. The molecule has 1 N–H and O–H groups in total. The second-order valence-electron chi connectivity index (χ2n) is 6.94. The van der Waals surface area contributed by atoms with Crippen LogP contribution in [0.1, 0.15) is 18.4 Å². The van der Waals surface area contributed by atoms with Gasteiger partial charge in [-0.1, -0.05) is 6.07 Å². The molecule has 11 heteroatoms. The number of nitrogens with one attached hydrogen (secondary N) is 1. The molecule has 0 bridgehead atoms. The second-order valence-corrected chi connectivity index (χ2v) is 6.94. The Morgan fingerprint density at radius 2 is 1.93 bits per heavy atom. The molecule has 30 heavy (non-hydrogen) atoms. The van der Waals surface area contributed by atoms with Crippen LogP contribution < -0.4 is 10.2 Å². The summed E-state index contributed by atoms with van der Waals surface area (Å²) in [5.74, 6) is 0.457. The van der Waals surface area contributed by atoms with E-state index in [9.17, 15) is 18.0 Å². The number of carbonyl (C=O) groups excluding carboxylic acids is 1. The van der Waals surface area contributed by atoms with Gasteiger partial charge < -0.3 is 10.2 Å². The lowest BCUT2D eigenvalue weighted by atomic mass is 9.97. The van der Waals surface area contributed by atoms with E-state index in [1.165, 1.54) is 29.5 Å². The van der Waals surface area contributed by atoms with Crippen LogP contribution in [0.4, 0.5) is 24.7 Å². The van der Waals surface area contributed by atoms with Crippen molar-refractivity contribution >= 4 is 17.4 Å². The third kappa shape index (κ3) is 4.39. The van der Waals surface area contributed by atoms with Gasteiger partial charge in [-0.3, -0.25) is 4.79 Å². The molecule has 0 radical (unpaired) electrons. The van der Waals surface area contributed by atoms with E-state index in [0.29, 0.717) is 31.1 Å². The van der Waals surface area contributed by atoms with Crippen molar-refractivity contribution in [3.8, 4) is 5.82 Å². The molecular formula is C19H18F3N7O. The molecule has 0 aliphatic carbocycles. The minimum Gasteiger partial charge on any atom is -0.354 e. The number of halogens is 3. The number of hydrogen-bond acceptors (Lipinski definition) is 6. The lowest BCUT2D eigenvalue weighted by Crippen LogP contribution is -2.41. The molecule has 1 fully saturated rings. The molecule has 2 aromatic heterocycles. The molecule has 1 amide bonds. The number of nitrogens with zero attached hydrogens (tertiary/aromatic N) is 6. The first kappa shape index (κ1) is 19.8. The summed E-state index contributed by atoms with van der Waals surface area (Å²) in [6, 6.07) is 8.17. The van der Waals surface area contributed by atoms with E-state index in [1.807, 2.05) is 4.90 Å². The van der Waals surface area contributed by atoms with Gasteiger partial charge in [0.1, 0.15) is 12.7 Å². The molecule has 1 aliphatic rings. The fourth-order valence-corrected chi connectivity index (χ4v) is 3.35. The number of piperidine rings is 1. The Hall–Kier alpha value is -3.50. The molecule has 3 aromatic rings. The van der Waals surface area contributed by atoms with E-state index in [2.05, 4.69) is 25.6 Å². The fraction of sp³-hybridized carbons (Fsp3) is 0.316. The van der Waals surface area contributed by atoms with Crippen molar-refractivity contribution in [3.05, 3.63) is 54.6 Å². The molecule has 1 atom stereocenters. The highest BCUT2D eigenvalue weighted by Gasteiger charge is 2.31. The number of anilines is 2. The topological polar surface area (TPSA) is 88.8 Å². The summed E-state index contributed by atoms with van der Waals surface area (Å²) in [4.78, 5) is 18.4. The predicted octanol–water partition coefficient (Wildman–Crippen LogP) is 2.93. The van der Waals surface area contributed by atoms with Crippen LogP contribution in [-0.4, -0.2) is 44.0 Å². The van der Waals surface area contributed by atoms with Gasteiger partial charge in [0.05, 0.1) is 11.5 Å². The average Bonchev–Trinajstić information content (AvgIpc) is 3.28. The maximum absolute atomic E-state index is 12.9. The van der Waals surface area contributed by atoms with Crippen LogP contribution in [0.15, 0.2) is 49.1 Å². The van der Waals surface area contributed by atoms with Crippen LogP contribution in [0.25, 0.3) is 5.82 Å². The van der Waals surface area contributed by atoms with Crippen molar-refractivity contribution < 1.29 is 18.0 Å². The summed E-state index contributed by atoms with van der Waals surface area (Å²) >= 11 is 0. The van der Waals surface area contributed by atoms with Crippen LogP contribution in [-0.2, 0) is 11.0 Å². The molecule has 0 saturated carbocycles. The van der Waals surface area contributed by atoms with Crippen molar-refractivity contribution in [1.29, 1.82) is 0 Å². The van der Waals surface area contributed by atoms with Gasteiger partial charge in [0.15, 0.2) is 11.6 Å². The van der Waals surface area contributed by atoms with Gasteiger partial charge in [0.25, 0.3) is 0 Å². The first-order valence-electron chi connectivity index (χ1n) is 9.32. The normalized spacial score (nSPS) is 17.0. The summed E-state index contributed by atoms with van der Waals surface area (Å²) in [7, 11) is 0. The maximum Gasteiger partial charge on any atom is 0.416 e. The number of aromatic nitrogens is 5. The third-order valence-corrected chi connectivity index (χ3v) is 4.86. The largest absolute Gasteiger partial charge is 0.416 e. The highest BCUT2D eigenvalue weighted by molar-refractivity contribution is 5.93. The van der Waals surface area contributed by atoms with Crippen LogP contribution >= 0.6 is 0 Å². The minimum absolute atomic E-state index is 0.129. The molecule has 0 spiro atoms. The van der Waals surface area contributed by atoms with Crippen molar-refractivity contribution in [2.45, 2.75) is 19.0 Å². The van der Waals surface area contributed by atoms with Gasteiger partial charge in [-0.2, -0.15) is 18.3 Å². The number of carbonyl (C=O) groups is 1. The smallest absolute Gasteiger partial charge is 0.354 e. The van der Waals surface area contributed by atoms with E-state index in [4.69, 9.17) is 0 Å². The first-order valence-corrected chi connectivity index (χ1v) is 9.32. The number of benzene rings is 1. The summed E-state index contributed by atoms with van der Waals surface area (Å²) in [5, 5.41) is 14.9. The number of amides is 1. The third-order valence-electron chi connectivity index (χ3n) is 4.86. The lowest BCUT2D eigenvalue weighted by molar-refractivity contribution is -0.137. The lowest BCUT2D eigenvalue weighted by Gasteiger charge is -2.32. The standard InChI is InChI=1S/C19H18F3N7O/c20-19(21,22)14-4-1-5-15(9-14)25-18(30)13-3-2-8-28(10-13)16-6-7-17(27-26-16)29-12-23-11-24-29/h1,4-7,9,11-13H,2-3,8,10H2,(H,25,30). The zero-order valence-corrected chi connectivity index (χ0v) is 15.8. The van der Waals surface area contributed by atoms with Gasteiger partial charge in [0, 0.05) is 18.8 Å². The van der Waals surface area contributed by atoms with Gasteiger partial charge in [0.2, 0.25) is 5.91 Å². The SMILES string of the molecule is O=C(Nc1cccc(C(F)(F)F)c1)C1CCCN(c2ccc(-n3cncn3)nn2)C1. The van der Waals surface area contributed by atoms with E-state index < -0.39 is 11.7 Å². The molecule has 4 rings (SSSR count). The van der Waals surface area contributed by atoms with Crippen LogP contribution in [0.5, 0.6) is 0 Å². The van der Waals surface area contributed by atoms with Gasteiger partial charge >= 0.3 is 6.18 Å². The molecule has 156 valence electrons. The minimum atomic E-state index is -4.46. The number of hydrogen-bond donors (Lipinski definition) is 1. The maximum atomic E-state index is 12.9. The van der Waals surface area contributed by atoms with Crippen LogP contribution in [0, 0.1) is 5.92 Å². The van der Waals surface area contributed by atoms with Gasteiger partial charge in [-0.15, -0.1) is 10.2 Å². The molecule has 3 heterocycles. The molecule has 8 nitrogen and oxygen atoms in total. The van der Waals surface area contributed by atoms with E-state index >= 15 is 0 Å². The summed E-state index contributed by atoms with van der Waals surface area (Å²) in [5.41, 5.74) is -0.669. The van der Waals surface area contributed by atoms with E-state index in [-0.39, 0.29) is 17.5 Å². The fourth-order valence-electron chi connectivity index (χ4n) is 3.35. The van der Waals surface area contributed by atoms with Crippen molar-refractivity contribution in [3.63, 3.8) is 0 Å². The van der Waals surface area contributed by atoms with E-state index in [0.717, 1.165) is 18.6 Å².